The highest BCUT2D eigenvalue weighted by molar-refractivity contribution is 6.03. The van der Waals surface area contributed by atoms with E-state index < -0.39 is 5.41 Å². The minimum absolute atomic E-state index is 0.0311. The smallest absolute Gasteiger partial charge is 0.291 e. The molecule has 0 saturated heterocycles. The lowest BCUT2D eigenvalue weighted by Crippen LogP contribution is -2.37. The summed E-state index contributed by atoms with van der Waals surface area (Å²) >= 11 is 0. The molecule has 0 atom stereocenters. The van der Waals surface area contributed by atoms with Gasteiger partial charge in [0.1, 0.15) is 0 Å². The minimum atomic E-state index is -0.465. The van der Waals surface area contributed by atoms with E-state index in [1.54, 1.807) is 36.4 Å². The summed E-state index contributed by atoms with van der Waals surface area (Å²) in [6.45, 7) is 0. The van der Waals surface area contributed by atoms with Crippen molar-refractivity contribution in [3.63, 3.8) is 0 Å². The third kappa shape index (κ3) is 3.56. The molecule has 1 aromatic heterocycles. The van der Waals surface area contributed by atoms with Crippen LogP contribution in [0.1, 0.15) is 41.8 Å². The molecule has 0 spiro atoms. The Bertz CT molecular complexity index is 941. The second-order valence-electron chi connectivity index (χ2n) is 7.12. The van der Waals surface area contributed by atoms with Gasteiger partial charge in [0, 0.05) is 11.4 Å². The van der Waals surface area contributed by atoms with Crippen LogP contribution in [0.4, 0.5) is 11.4 Å². The average Bonchev–Trinajstić information content (AvgIpc) is 3.43. The molecule has 0 aliphatic heterocycles. The van der Waals surface area contributed by atoms with E-state index >= 15 is 0 Å². The number of furan rings is 1. The molecule has 1 heterocycles. The van der Waals surface area contributed by atoms with Crippen molar-refractivity contribution in [3.05, 3.63) is 84.3 Å². The maximum Gasteiger partial charge on any atom is 0.291 e. The van der Waals surface area contributed by atoms with Crippen LogP contribution < -0.4 is 10.6 Å². The van der Waals surface area contributed by atoms with E-state index in [1.807, 2.05) is 30.3 Å². The van der Waals surface area contributed by atoms with Gasteiger partial charge in [0.15, 0.2) is 5.76 Å². The highest BCUT2D eigenvalue weighted by Gasteiger charge is 2.42. The molecular formula is C23H22N2O3. The van der Waals surface area contributed by atoms with Gasteiger partial charge in [-0.05, 0) is 54.8 Å². The largest absolute Gasteiger partial charge is 0.459 e. The number of carbonyl (C=O) groups is 2. The molecular weight excluding hydrogens is 352 g/mol. The van der Waals surface area contributed by atoms with Crippen molar-refractivity contribution in [2.75, 3.05) is 10.6 Å². The average molecular weight is 374 g/mol. The third-order valence-corrected chi connectivity index (χ3v) is 5.36. The molecule has 5 heteroatoms. The zero-order chi connectivity index (χ0) is 19.4. The first kappa shape index (κ1) is 18.0. The summed E-state index contributed by atoms with van der Waals surface area (Å²) in [4.78, 5) is 25.2. The number of hydrogen-bond donors (Lipinski definition) is 2. The van der Waals surface area contributed by atoms with Crippen LogP contribution >= 0.6 is 0 Å². The molecule has 0 radical (unpaired) electrons. The van der Waals surface area contributed by atoms with Crippen molar-refractivity contribution in [1.82, 2.24) is 0 Å². The van der Waals surface area contributed by atoms with Gasteiger partial charge in [-0.1, -0.05) is 43.2 Å². The number of hydrogen-bond acceptors (Lipinski definition) is 3. The van der Waals surface area contributed by atoms with Crippen molar-refractivity contribution in [1.29, 1.82) is 0 Å². The predicted octanol–water partition coefficient (Wildman–Crippen LogP) is 4.98. The van der Waals surface area contributed by atoms with E-state index in [-0.39, 0.29) is 17.6 Å². The Kier molecular flexibility index (Phi) is 4.98. The molecule has 1 saturated carbocycles. The molecule has 2 N–H and O–H groups in total. The van der Waals surface area contributed by atoms with Crippen LogP contribution in [0.5, 0.6) is 0 Å². The molecule has 5 nitrogen and oxygen atoms in total. The van der Waals surface area contributed by atoms with Crippen LogP contribution in [-0.4, -0.2) is 11.8 Å². The number of rotatable bonds is 5. The molecule has 2 amide bonds. The van der Waals surface area contributed by atoms with E-state index in [2.05, 4.69) is 10.6 Å². The second-order valence-corrected chi connectivity index (χ2v) is 7.12. The lowest BCUT2D eigenvalue weighted by molar-refractivity contribution is -0.121. The topological polar surface area (TPSA) is 71.3 Å². The molecule has 1 aliphatic rings. The van der Waals surface area contributed by atoms with E-state index in [4.69, 9.17) is 4.42 Å². The number of benzene rings is 2. The molecule has 3 aromatic rings. The first-order valence-electron chi connectivity index (χ1n) is 9.49. The fourth-order valence-corrected chi connectivity index (χ4v) is 3.87. The maximum absolute atomic E-state index is 13.2. The van der Waals surface area contributed by atoms with E-state index in [1.165, 1.54) is 6.26 Å². The lowest BCUT2D eigenvalue weighted by atomic mass is 9.78. The van der Waals surface area contributed by atoms with Crippen molar-refractivity contribution in [2.45, 2.75) is 31.1 Å². The minimum Gasteiger partial charge on any atom is -0.459 e. The molecule has 4 rings (SSSR count). The lowest BCUT2D eigenvalue weighted by Gasteiger charge is -2.28. The second kappa shape index (κ2) is 7.72. The van der Waals surface area contributed by atoms with Crippen molar-refractivity contribution in [2.24, 2.45) is 0 Å². The summed E-state index contributed by atoms with van der Waals surface area (Å²) in [5.41, 5.74) is 1.96. The fourth-order valence-electron chi connectivity index (χ4n) is 3.87. The van der Waals surface area contributed by atoms with Gasteiger partial charge in [0.25, 0.3) is 5.91 Å². The number of nitrogens with one attached hydrogen (secondary N) is 2. The van der Waals surface area contributed by atoms with Gasteiger partial charge in [0.05, 0.1) is 11.7 Å². The standard InChI is InChI=1S/C23H22N2O3/c26-21(20-9-6-16-28-20)24-18-10-12-19(13-11-18)25-22(27)23(14-4-5-15-23)17-7-2-1-3-8-17/h1-3,6-13,16H,4-5,14-15H2,(H,24,26)(H,25,27). The molecule has 1 aliphatic carbocycles. The van der Waals surface area contributed by atoms with Crippen molar-refractivity contribution < 1.29 is 14.0 Å². The van der Waals surface area contributed by atoms with Crippen LogP contribution in [0.2, 0.25) is 0 Å². The Morgan fingerprint density at radius 3 is 2.04 bits per heavy atom. The van der Waals surface area contributed by atoms with E-state index in [9.17, 15) is 9.59 Å². The normalized spacial score (nSPS) is 15.1. The van der Waals surface area contributed by atoms with Gasteiger partial charge >= 0.3 is 0 Å². The highest BCUT2D eigenvalue weighted by atomic mass is 16.3. The fraction of sp³-hybridized carbons (Fsp3) is 0.217. The SMILES string of the molecule is O=C(Nc1ccc(NC(=O)C2(c3ccccc3)CCCC2)cc1)c1ccco1. The molecule has 142 valence electrons. The molecule has 28 heavy (non-hydrogen) atoms. The zero-order valence-electron chi connectivity index (χ0n) is 15.5. The first-order valence-corrected chi connectivity index (χ1v) is 9.49. The van der Waals surface area contributed by atoms with Crippen LogP contribution in [0.3, 0.4) is 0 Å². The third-order valence-electron chi connectivity index (χ3n) is 5.36. The van der Waals surface area contributed by atoms with Crippen LogP contribution in [0.15, 0.2) is 77.4 Å². The summed E-state index contributed by atoms with van der Waals surface area (Å²) in [5.74, 6) is -0.0252. The van der Waals surface area contributed by atoms with Gasteiger partial charge < -0.3 is 15.1 Å². The summed E-state index contributed by atoms with van der Waals surface area (Å²) < 4.78 is 5.08. The Balaban J connectivity index is 1.46. The first-order chi connectivity index (χ1) is 13.7. The number of anilines is 2. The number of carbonyl (C=O) groups excluding carboxylic acids is 2. The van der Waals surface area contributed by atoms with Gasteiger partial charge in [-0.2, -0.15) is 0 Å². The quantitative estimate of drug-likeness (QED) is 0.661. The van der Waals surface area contributed by atoms with Gasteiger partial charge in [0.2, 0.25) is 5.91 Å². The Labute approximate surface area is 163 Å². The van der Waals surface area contributed by atoms with Crippen LogP contribution in [0, 0.1) is 0 Å². The Morgan fingerprint density at radius 2 is 1.43 bits per heavy atom. The van der Waals surface area contributed by atoms with Crippen molar-refractivity contribution >= 4 is 23.2 Å². The highest BCUT2D eigenvalue weighted by Crippen LogP contribution is 2.42. The zero-order valence-corrected chi connectivity index (χ0v) is 15.5. The predicted molar refractivity (Wildman–Crippen MR) is 108 cm³/mol. The van der Waals surface area contributed by atoms with Crippen molar-refractivity contribution in [3.8, 4) is 0 Å². The van der Waals surface area contributed by atoms with E-state index in [0.29, 0.717) is 11.4 Å². The summed E-state index contributed by atoms with van der Waals surface area (Å²) in [5, 5.41) is 5.83. The Hall–Kier alpha value is -3.34. The molecule has 1 fully saturated rings. The van der Waals surface area contributed by atoms with Gasteiger partial charge in [-0.15, -0.1) is 0 Å². The Morgan fingerprint density at radius 1 is 0.786 bits per heavy atom. The summed E-state index contributed by atoms with van der Waals surface area (Å²) in [7, 11) is 0. The monoisotopic (exact) mass is 374 g/mol. The van der Waals surface area contributed by atoms with Gasteiger partial charge in [-0.25, -0.2) is 0 Å². The number of amides is 2. The maximum atomic E-state index is 13.2. The van der Waals surface area contributed by atoms with Crippen LogP contribution in [0.25, 0.3) is 0 Å². The summed E-state index contributed by atoms with van der Waals surface area (Å²) in [6.07, 6.45) is 5.29. The summed E-state index contributed by atoms with van der Waals surface area (Å²) in [6, 6.07) is 20.4. The van der Waals surface area contributed by atoms with Gasteiger partial charge in [-0.3, -0.25) is 9.59 Å². The van der Waals surface area contributed by atoms with Crippen LogP contribution in [-0.2, 0) is 10.2 Å². The molecule has 0 bridgehead atoms. The molecule has 0 unspecified atom stereocenters. The van der Waals surface area contributed by atoms with E-state index in [0.717, 1.165) is 31.2 Å². The molecule has 2 aromatic carbocycles.